The predicted molar refractivity (Wildman–Crippen MR) is 86.7 cm³/mol. The molecule has 1 aliphatic heterocycles. The fourth-order valence-corrected chi connectivity index (χ4v) is 2.65. The van der Waals surface area contributed by atoms with Crippen molar-refractivity contribution in [3.05, 3.63) is 29.3 Å². The number of aliphatic carboxylic acids is 1. The smallest absolute Gasteiger partial charge is 0.317 e. The van der Waals surface area contributed by atoms with Crippen LogP contribution in [0, 0.1) is 13.8 Å². The first kappa shape index (κ1) is 17.3. The molecule has 1 fully saturated rings. The molecule has 1 unspecified atom stereocenters. The van der Waals surface area contributed by atoms with E-state index in [2.05, 4.69) is 0 Å². The van der Waals surface area contributed by atoms with Crippen molar-refractivity contribution >= 4 is 11.9 Å². The molecule has 1 atom stereocenters. The maximum atomic E-state index is 12.5. The molecule has 2 rings (SSSR count). The molecule has 6 nitrogen and oxygen atoms in total. The predicted octanol–water partition coefficient (Wildman–Crippen LogP) is 1.30. The number of benzene rings is 1. The number of ether oxygens (including phenoxy) is 1. The topological polar surface area (TPSA) is 70.1 Å². The quantitative estimate of drug-likeness (QED) is 0.885. The molecule has 6 heteroatoms. The van der Waals surface area contributed by atoms with Crippen LogP contribution in [0.4, 0.5) is 0 Å². The van der Waals surface area contributed by atoms with Crippen molar-refractivity contribution in [2.24, 2.45) is 0 Å². The Kier molecular flexibility index (Phi) is 5.60. The molecule has 0 saturated carbocycles. The van der Waals surface area contributed by atoms with E-state index in [0.29, 0.717) is 26.2 Å². The highest BCUT2D eigenvalue weighted by atomic mass is 16.5. The van der Waals surface area contributed by atoms with E-state index in [9.17, 15) is 9.59 Å². The molecule has 1 heterocycles. The van der Waals surface area contributed by atoms with E-state index in [1.54, 1.807) is 11.8 Å². The van der Waals surface area contributed by atoms with Crippen LogP contribution in [-0.2, 0) is 9.59 Å². The zero-order valence-corrected chi connectivity index (χ0v) is 13.9. The zero-order chi connectivity index (χ0) is 17.0. The van der Waals surface area contributed by atoms with Gasteiger partial charge in [0.1, 0.15) is 5.75 Å². The number of hydrogen-bond acceptors (Lipinski definition) is 4. The Balaban J connectivity index is 1.90. The lowest BCUT2D eigenvalue weighted by atomic mass is 10.1. The number of nitrogens with zero attached hydrogens (tertiary/aromatic N) is 2. The molecular weight excluding hydrogens is 296 g/mol. The van der Waals surface area contributed by atoms with Gasteiger partial charge in [0.2, 0.25) is 0 Å². The van der Waals surface area contributed by atoms with Crippen LogP contribution in [0.2, 0.25) is 0 Å². The molecule has 0 bridgehead atoms. The highest BCUT2D eigenvalue weighted by molar-refractivity contribution is 5.81. The molecule has 1 aliphatic rings. The number of carboxylic acid groups (broad SMARTS) is 1. The summed E-state index contributed by atoms with van der Waals surface area (Å²) < 4.78 is 5.83. The first-order valence-electron chi connectivity index (χ1n) is 7.83. The molecule has 0 spiro atoms. The molecule has 1 aromatic carbocycles. The van der Waals surface area contributed by atoms with Gasteiger partial charge < -0.3 is 14.7 Å². The van der Waals surface area contributed by atoms with Gasteiger partial charge >= 0.3 is 5.97 Å². The molecule has 1 aromatic rings. The van der Waals surface area contributed by atoms with E-state index >= 15 is 0 Å². The monoisotopic (exact) mass is 320 g/mol. The lowest BCUT2D eigenvalue weighted by Crippen LogP contribution is -2.52. The summed E-state index contributed by atoms with van der Waals surface area (Å²) >= 11 is 0. The van der Waals surface area contributed by atoms with Gasteiger partial charge in [0.05, 0.1) is 6.54 Å². The molecule has 0 aromatic heterocycles. The second-order valence-corrected chi connectivity index (χ2v) is 6.02. The molecule has 1 N–H and O–H groups in total. The summed E-state index contributed by atoms with van der Waals surface area (Å²) in [5, 5.41) is 8.80. The summed E-state index contributed by atoms with van der Waals surface area (Å²) in [5.41, 5.74) is 2.09. The zero-order valence-electron chi connectivity index (χ0n) is 13.9. The summed E-state index contributed by atoms with van der Waals surface area (Å²) in [7, 11) is 0. The van der Waals surface area contributed by atoms with Crippen LogP contribution in [0.3, 0.4) is 0 Å². The minimum absolute atomic E-state index is 0.0244. The van der Waals surface area contributed by atoms with Gasteiger partial charge in [-0.1, -0.05) is 12.1 Å². The van der Waals surface area contributed by atoms with E-state index in [1.807, 2.05) is 36.9 Å². The number of aryl methyl sites for hydroxylation is 2. The van der Waals surface area contributed by atoms with E-state index < -0.39 is 12.1 Å². The van der Waals surface area contributed by atoms with E-state index in [1.165, 1.54) is 0 Å². The third-order valence-corrected chi connectivity index (χ3v) is 4.04. The largest absolute Gasteiger partial charge is 0.481 e. The maximum absolute atomic E-state index is 12.5. The van der Waals surface area contributed by atoms with Gasteiger partial charge in [-0.25, -0.2) is 0 Å². The second kappa shape index (κ2) is 7.46. The van der Waals surface area contributed by atoms with Crippen molar-refractivity contribution < 1.29 is 19.4 Å². The van der Waals surface area contributed by atoms with Gasteiger partial charge in [-0.2, -0.15) is 0 Å². The Labute approximate surface area is 136 Å². The van der Waals surface area contributed by atoms with Gasteiger partial charge in [-0.05, 0) is 38.0 Å². The number of hydrogen-bond donors (Lipinski definition) is 1. The molecule has 0 aliphatic carbocycles. The van der Waals surface area contributed by atoms with Gasteiger partial charge in [0, 0.05) is 26.2 Å². The van der Waals surface area contributed by atoms with Gasteiger partial charge in [-0.3, -0.25) is 14.5 Å². The summed E-state index contributed by atoms with van der Waals surface area (Å²) in [6.07, 6.45) is -0.554. The normalized spacial score (nSPS) is 16.9. The van der Waals surface area contributed by atoms with Crippen molar-refractivity contribution in [1.82, 2.24) is 9.80 Å². The average Bonchev–Trinajstić information content (AvgIpc) is 2.50. The summed E-state index contributed by atoms with van der Waals surface area (Å²) in [4.78, 5) is 26.8. The van der Waals surface area contributed by atoms with Gasteiger partial charge in [0.25, 0.3) is 5.91 Å². The van der Waals surface area contributed by atoms with Crippen molar-refractivity contribution in [2.75, 3.05) is 32.7 Å². The summed E-state index contributed by atoms with van der Waals surface area (Å²) in [6, 6.07) is 5.92. The third kappa shape index (κ3) is 4.69. The Morgan fingerprint density at radius 2 is 1.87 bits per heavy atom. The molecule has 1 saturated heterocycles. The summed E-state index contributed by atoms with van der Waals surface area (Å²) in [6.45, 7) is 7.95. The van der Waals surface area contributed by atoms with Gasteiger partial charge in [-0.15, -0.1) is 0 Å². The van der Waals surface area contributed by atoms with Crippen LogP contribution in [0.1, 0.15) is 18.1 Å². The van der Waals surface area contributed by atoms with Crippen LogP contribution in [-0.4, -0.2) is 65.6 Å². The number of carbonyl (C=O) groups excluding carboxylic acids is 1. The Morgan fingerprint density at radius 3 is 2.48 bits per heavy atom. The van der Waals surface area contributed by atoms with Crippen LogP contribution in [0.25, 0.3) is 0 Å². The van der Waals surface area contributed by atoms with Crippen LogP contribution in [0.5, 0.6) is 5.75 Å². The highest BCUT2D eigenvalue weighted by Crippen LogP contribution is 2.21. The average molecular weight is 320 g/mol. The highest BCUT2D eigenvalue weighted by Gasteiger charge is 2.26. The SMILES string of the molecule is Cc1ccc(C)c(OC(C)C(=O)N2CCN(CC(=O)O)CC2)c1. The number of carbonyl (C=O) groups is 2. The molecule has 1 amide bonds. The lowest BCUT2D eigenvalue weighted by molar-refractivity contribution is -0.141. The number of carboxylic acids is 1. The number of rotatable bonds is 5. The Bertz CT molecular complexity index is 580. The second-order valence-electron chi connectivity index (χ2n) is 6.02. The fraction of sp³-hybridized carbons (Fsp3) is 0.529. The fourth-order valence-electron chi connectivity index (χ4n) is 2.65. The van der Waals surface area contributed by atoms with Gasteiger partial charge in [0.15, 0.2) is 6.10 Å². The molecule has 23 heavy (non-hydrogen) atoms. The standard InChI is InChI=1S/C17H24N2O4/c1-12-4-5-13(2)15(10-12)23-14(3)17(22)19-8-6-18(7-9-19)11-16(20)21/h4-5,10,14H,6-9,11H2,1-3H3,(H,20,21). The number of piperazine rings is 1. The van der Waals surface area contributed by atoms with Crippen LogP contribution >= 0.6 is 0 Å². The minimum atomic E-state index is -0.837. The van der Waals surface area contributed by atoms with E-state index in [-0.39, 0.29) is 12.5 Å². The van der Waals surface area contributed by atoms with Crippen LogP contribution in [0.15, 0.2) is 18.2 Å². The lowest BCUT2D eigenvalue weighted by Gasteiger charge is -2.35. The van der Waals surface area contributed by atoms with Crippen molar-refractivity contribution in [1.29, 1.82) is 0 Å². The van der Waals surface area contributed by atoms with Crippen molar-refractivity contribution in [3.63, 3.8) is 0 Å². The van der Waals surface area contributed by atoms with Crippen LogP contribution < -0.4 is 4.74 Å². The van der Waals surface area contributed by atoms with E-state index in [4.69, 9.17) is 9.84 Å². The van der Waals surface area contributed by atoms with Crippen molar-refractivity contribution in [2.45, 2.75) is 26.9 Å². The molecule has 0 radical (unpaired) electrons. The van der Waals surface area contributed by atoms with E-state index in [0.717, 1.165) is 16.9 Å². The summed E-state index contributed by atoms with van der Waals surface area (Å²) in [5.74, 6) is -0.160. The first-order chi connectivity index (χ1) is 10.9. The minimum Gasteiger partial charge on any atom is -0.481 e. The Morgan fingerprint density at radius 1 is 1.22 bits per heavy atom. The first-order valence-corrected chi connectivity index (χ1v) is 7.83. The molecular formula is C17H24N2O4. The third-order valence-electron chi connectivity index (χ3n) is 4.04. The number of amides is 1. The molecule has 126 valence electrons. The van der Waals surface area contributed by atoms with Crippen molar-refractivity contribution in [3.8, 4) is 5.75 Å². The Hall–Kier alpha value is -2.08. The maximum Gasteiger partial charge on any atom is 0.317 e.